The van der Waals surface area contributed by atoms with Crippen LogP contribution in [0.2, 0.25) is 0 Å². The number of carbonyl (C=O) groups is 2. The summed E-state index contributed by atoms with van der Waals surface area (Å²) < 4.78 is 10.00. The Bertz CT molecular complexity index is 827. The largest absolute Gasteiger partial charge is 0.497 e. The van der Waals surface area contributed by atoms with Crippen LogP contribution in [0, 0.1) is 0 Å². The molecule has 0 bridgehead atoms. The topological polar surface area (TPSA) is 93.7 Å². The molecule has 0 aliphatic heterocycles. The summed E-state index contributed by atoms with van der Waals surface area (Å²) >= 11 is 0. The lowest BCUT2D eigenvalue weighted by molar-refractivity contribution is 0.0598. The van der Waals surface area contributed by atoms with Crippen LogP contribution < -0.4 is 15.0 Å². The van der Waals surface area contributed by atoms with Gasteiger partial charge in [-0.25, -0.2) is 9.78 Å². The number of anilines is 3. The highest BCUT2D eigenvalue weighted by Crippen LogP contribution is 2.27. The predicted octanol–water partition coefficient (Wildman–Crippen LogP) is 3.45. The summed E-state index contributed by atoms with van der Waals surface area (Å²) in [6.07, 6.45) is 0.537. The number of hydrogen-bond acceptors (Lipinski definition) is 8. The fourth-order valence-corrected chi connectivity index (χ4v) is 2.93. The average Bonchev–Trinajstić information content (AvgIpc) is 2.67. The van der Waals surface area contributed by atoms with Crippen molar-refractivity contribution in [1.29, 1.82) is 0 Å². The maximum absolute atomic E-state index is 12.3. The molecule has 0 saturated carbocycles. The number of nitrogens with zero attached hydrogens (tertiary/aromatic N) is 3. The van der Waals surface area contributed by atoms with E-state index in [4.69, 9.17) is 9.47 Å². The summed E-state index contributed by atoms with van der Waals surface area (Å²) in [6.45, 7) is 8.03. The first kappa shape index (κ1) is 21.1. The molecule has 8 nitrogen and oxygen atoms in total. The average molecular weight is 386 g/mol. The third-order valence-corrected chi connectivity index (χ3v) is 4.12. The first-order valence-corrected chi connectivity index (χ1v) is 8.97. The minimum absolute atomic E-state index is 0.00969. The van der Waals surface area contributed by atoms with Gasteiger partial charge in [0.1, 0.15) is 17.0 Å². The third-order valence-electron chi connectivity index (χ3n) is 4.12. The second-order valence-electron chi connectivity index (χ2n) is 6.69. The van der Waals surface area contributed by atoms with Gasteiger partial charge in [0.2, 0.25) is 5.95 Å². The predicted molar refractivity (Wildman–Crippen MR) is 108 cm³/mol. The highest BCUT2D eigenvalue weighted by Gasteiger charge is 2.25. The zero-order valence-electron chi connectivity index (χ0n) is 17.0. The Hall–Kier alpha value is -3.16. The second-order valence-corrected chi connectivity index (χ2v) is 6.69. The summed E-state index contributed by atoms with van der Waals surface area (Å²) in [4.78, 5) is 34.8. The SMILES string of the molecule is COC(=O)c1c(C=O)nc(N(C(C)C)C(C)C)nc1Nc1ccc(OC)cc1. The Morgan fingerprint density at radius 1 is 1.07 bits per heavy atom. The van der Waals surface area contributed by atoms with E-state index < -0.39 is 5.97 Å². The number of nitrogens with one attached hydrogen (secondary N) is 1. The van der Waals surface area contributed by atoms with Gasteiger partial charge in [0.15, 0.2) is 12.1 Å². The van der Waals surface area contributed by atoms with Crippen LogP contribution in [0.1, 0.15) is 48.5 Å². The first-order valence-electron chi connectivity index (χ1n) is 8.97. The fraction of sp³-hybridized carbons (Fsp3) is 0.400. The van der Waals surface area contributed by atoms with E-state index in [1.54, 1.807) is 31.4 Å². The molecule has 2 aromatic rings. The summed E-state index contributed by atoms with van der Waals surface area (Å²) in [6, 6.07) is 7.31. The van der Waals surface area contributed by atoms with Crippen LogP contribution in [-0.4, -0.2) is 48.5 Å². The van der Waals surface area contributed by atoms with Crippen molar-refractivity contribution in [3.63, 3.8) is 0 Å². The van der Waals surface area contributed by atoms with Gasteiger partial charge in [-0.3, -0.25) is 4.79 Å². The number of ether oxygens (including phenoxy) is 2. The van der Waals surface area contributed by atoms with E-state index in [1.165, 1.54) is 7.11 Å². The lowest BCUT2D eigenvalue weighted by atomic mass is 10.2. The summed E-state index contributed by atoms with van der Waals surface area (Å²) in [7, 11) is 2.83. The Labute approximate surface area is 164 Å². The second kappa shape index (κ2) is 9.16. The number of aldehydes is 1. The van der Waals surface area contributed by atoms with E-state index in [0.717, 1.165) is 0 Å². The number of esters is 1. The number of hydrogen-bond donors (Lipinski definition) is 1. The molecule has 0 aliphatic carbocycles. The summed E-state index contributed by atoms with van der Waals surface area (Å²) in [5, 5.41) is 3.09. The molecule has 0 saturated heterocycles. The van der Waals surface area contributed by atoms with E-state index in [2.05, 4.69) is 15.3 Å². The summed E-state index contributed by atoms with van der Waals surface area (Å²) in [5.41, 5.74) is 0.636. The molecular weight excluding hydrogens is 360 g/mol. The van der Waals surface area contributed by atoms with Gasteiger partial charge in [-0.1, -0.05) is 0 Å². The normalized spacial score (nSPS) is 10.7. The van der Waals surface area contributed by atoms with Crippen molar-refractivity contribution in [3.8, 4) is 5.75 Å². The lowest BCUT2D eigenvalue weighted by Gasteiger charge is -2.31. The van der Waals surface area contributed by atoms with Crippen LogP contribution >= 0.6 is 0 Å². The van der Waals surface area contributed by atoms with Crippen LogP contribution in [0.5, 0.6) is 5.75 Å². The van der Waals surface area contributed by atoms with Gasteiger partial charge < -0.3 is 19.7 Å². The zero-order chi connectivity index (χ0) is 20.8. The number of rotatable bonds is 8. The molecule has 1 N–H and O–H groups in total. The molecule has 8 heteroatoms. The minimum Gasteiger partial charge on any atom is -0.497 e. The molecule has 0 aliphatic rings. The van der Waals surface area contributed by atoms with Crippen molar-refractivity contribution in [2.45, 2.75) is 39.8 Å². The Kier molecular flexibility index (Phi) is 6.92. The number of aromatic nitrogens is 2. The van der Waals surface area contributed by atoms with Crippen molar-refractivity contribution in [2.24, 2.45) is 0 Å². The highest BCUT2D eigenvalue weighted by molar-refractivity contribution is 6.02. The minimum atomic E-state index is -0.690. The number of methoxy groups -OCH3 is 2. The molecule has 1 aromatic heterocycles. The van der Waals surface area contributed by atoms with Crippen molar-refractivity contribution >= 4 is 29.7 Å². The van der Waals surface area contributed by atoms with Crippen molar-refractivity contribution in [2.75, 3.05) is 24.4 Å². The molecule has 0 atom stereocenters. The fourth-order valence-electron chi connectivity index (χ4n) is 2.93. The molecule has 150 valence electrons. The van der Waals surface area contributed by atoms with Crippen LogP contribution in [0.15, 0.2) is 24.3 Å². The van der Waals surface area contributed by atoms with Gasteiger partial charge in [0.05, 0.1) is 14.2 Å². The zero-order valence-corrected chi connectivity index (χ0v) is 17.0. The molecule has 0 unspecified atom stereocenters. The molecule has 2 rings (SSSR count). The molecule has 0 fully saturated rings. The number of carbonyl (C=O) groups excluding carboxylic acids is 2. The molecule has 0 spiro atoms. The van der Waals surface area contributed by atoms with Gasteiger partial charge in [-0.2, -0.15) is 4.98 Å². The van der Waals surface area contributed by atoms with Crippen molar-refractivity contribution in [3.05, 3.63) is 35.5 Å². The Morgan fingerprint density at radius 3 is 2.14 bits per heavy atom. The Balaban J connectivity index is 2.62. The van der Waals surface area contributed by atoms with Crippen LogP contribution in [0.4, 0.5) is 17.5 Å². The molecule has 28 heavy (non-hydrogen) atoms. The van der Waals surface area contributed by atoms with Crippen LogP contribution in [0.3, 0.4) is 0 Å². The lowest BCUT2D eigenvalue weighted by Crippen LogP contribution is -2.38. The van der Waals surface area contributed by atoms with Gasteiger partial charge in [0.25, 0.3) is 0 Å². The summed E-state index contributed by atoms with van der Waals surface area (Å²) in [5.74, 6) is 0.568. The molecular formula is C20H26N4O4. The quantitative estimate of drug-likeness (QED) is 0.545. The monoisotopic (exact) mass is 386 g/mol. The van der Waals surface area contributed by atoms with Crippen molar-refractivity contribution in [1.82, 2.24) is 9.97 Å². The van der Waals surface area contributed by atoms with E-state index >= 15 is 0 Å². The molecule has 1 aromatic carbocycles. The van der Waals surface area contributed by atoms with Gasteiger partial charge in [0, 0.05) is 17.8 Å². The Morgan fingerprint density at radius 2 is 1.68 bits per heavy atom. The van der Waals surface area contributed by atoms with Crippen LogP contribution in [-0.2, 0) is 4.74 Å². The smallest absolute Gasteiger partial charge is 0.344 e. The standard InChI is InChI=1S/C20H26N4O4/c1-12(2)24(13(3)4)20-22-16(11-25)17(19(26)28-6)18(23-20)21-14-7-9-15(27-5)10-8-14/h7-13H,1-6H3,(H,21,22,23). The van der Waals surface area contributed by atoms with E-state index in [1.807, 2.05) is 32.6 Å². The maximum Gasteiger partial charge on any atom is 0.344 e. The van der Waals surface area contributed by atoms with E-state index in [-0.39, 0.29) is 29.2 Å². The molecule has 0 amide bonds. The third kappa shape index (κ3) is 4.57. The number of benzene rings is 1. The highest BCUT2D eigenvalue weighted by atomic mass is 16.5. The van der Waals surface area contributed by atoms with Crippen LogP contribution in [0.25, 0.3) is 0 Å². The van der Waals surface area contributed by atoms with Gasteiger partial charge >= 0.3 is 5.97 Å². The van der Waals surface area contributed by atoms with E-state index in [0.29, 0.717) is 23.7 Å². The molecule has 0 radical (unpaired) electrons. The maximum atomic E-state index is 12.3. The molecule has 1 heterocycles. The van der Waals surface area contributed by atoms with E-state index in [9.17, 15) is 9.59 Å². The van der Waals surface area contributed by atoms with Crippen molar-refractivity contribution < 1.29 is 19.1 Å². The van der Waals surface area contributed by atoms with Gasteiger partial charge in [-0.15, -0.1) is 0 Å². The first-order chi connectivity index (χ1) is 13.3. The van der Waals surface area contributed by atoms with Gasteiger partial charge in [-0.05, 0) is 52.0 Å².